The maximum Gasteiger partial charge on any atom is 0.245 e. The van der Waals surface area contributed by atoms with Crippen LogP contribution in [0, 0.1) is 0 Å². The molecule has 6 nitrogen and oxygen atoms in total. The van der Waals surface area contributed by atoms with Gasteiger partial charge in [-0.15, -0.1) is 10.2 Å². The molecule has 0 bridgehead atoms. The van der Waals surface area contributed by atoms with E-state index < -0.39 is 0 Å². The molecule has 1 amide bonds. The summed E-state index contributed by atoms with van der Waals surface area (Å²) < 4.78 is 2.04. The van der Waals surface area contributed by atoms with E-state index in [4.69, 9.17) is 0 Å². The predicted octanol–water partition coefficient (Wildman–Crippen LogP) is 1.02. The molecule has 3 heterocycles. The predicted molar refractivity (Wildman–Crippen MR) is 70.4 cm³/mol. The lowest BCUT2D eigenvalue weighted by Gasteiger charge is -2.32. The molecule has 0 spiro atoms. The first-order valence-corrected chi connectivity index (χ1v) is 7.18. The number of hydrogen-bond acceptors (Lipinski definition) is 4. The van der Waals surface area contributed by atoms with Crippen LogP contribution < -0.4 is 5.32 Å². The molecule has 2 aliphatic heterocycles. The second-order valence-corrected chi connectivity index (χ2v) is 5.43. The molecule has 1 aromatic rings. The molecule has 1 unspecified atom stereocenters. The molecule has 104 valence electrons. The Kier molecular flexibility index (Phi) is 3.26. The summed E-state index contributed by atoms with van der Waals surface area (Å²) in [6, 6.07) is 0.0805. The molecule has 0 saturated carbocycles. The van der Waals surface area contributed by atoms with Gasteiger partial charge in [-0.1, -0.05) is 6.92 Å². The zero-order valence-corrected chi connectivity index (χ0v) is 11.6. The number of aromatic nitrogens is 3. The number of fused-ring (bicyclic) bond motifs is 1. The van der Waals surface area contributed by atoms with Crippen molar-refractivity contribution in [2.75, 3.05) is 13.1 Å². The van der Waals surface area contributed by atoms with Crippen molar-refractivity contribution in [3.63, 3.8) is 0 Å². The largest absolute Gasteiger partial charge is 0.333 e. The van der Waals surface area contributed by atoms with E-state index in [1.807, 2.05) is 16.4 Å². The van der Waals surface area contributed by atoms with Gasteiger partial charge < -0.3 is 10.2 Å². The molecule has 2 aliphatic rings. The van der Waals surface area contributed by atoms with Crippen molar-refractivity contribution >= 4 is 5.91 Å². The van der Waals surface area contributed by atoms with Crippen LogP contribution in [0.5, 0.6) is 0 Å². The Morgan fingerprint density at radius 1 is 1.42 bits per heavy atom. The highest BCUT2D eigenvalue weighted by molar-refractivity contribution is 5.81. The fraction of sp³-hybridized carbons (Fsp3) is 0.769. The molecular weight excluding hydrogens is 242 g/mol. The first-order chi connectivity index (χ1) is 9.22. The minimum atomic E-state index is -0.178. The van der Waals surface area contributed by atoms with Gasteiger partial charge in [-0.25, -0.2) is 0 Å². The second-order valence-electron chi connectivity index (χ2n) is 5.43. The van der Waals surface area contributed by atoms with Crippen LogP contribution in [0.25, 0.3) is 0 Å². The van der Waals surface area contributed by atoms with Gasteiger partial charge in [0.15, 0.2) is 11.6 Å². The first-order valence-electron chi connectivity index (χ1n) is 7.18. The van der Waals surface area contributed by atoms with Gasteiger partial charge in [0.05, 0.1) is 12.6 Å². The van der Waals surface area contributed by atoms with Crippen LogP contribution in [-0.2, 0) is 11.3 Å². The fourth-order valence-corrected chi connectivity index (χ4v) is 3.09. The SMILES string of the molecule is CCCN1Cc2nnc(C3CCCN3)n2[C@H](C)C1=O. The van der Waals surface area contributed by atoms with E-state index in [1.165, 1.54) is 0 Å². The van der Waals surface area contributed by atoms with Crippen molar-refractivity contribution < 1.29 is 4.79 Å². The Balaban J connectivity index is 1.92. The van der Waals surface area contributed by atoms with Crippen LogP contribution in [0.15, 0.2) is 0 Å². The summed E-state index contributed by atoms with van der Waals surface area (Å²) >= 11 is 0. The molecule has 0 radical (unpaired) electrons. The monoisotopic (exact) mass is 263 g/mol. The van der Waals surface area contributed by atoms with E-state index in [9.17, 15) is 4.79 Å². The number of carbonyl (C=O) groups is 1. The maximum absolute atomic E-state index is 12.4. The molecule has 0 aliphatic carbocycles. The van der Waals surface area contributed by atoms with E-state index in [0.717, 1.165) is 44.0 Å². The number of nitrogens with one attached hydrogen (secondary N) is 1. The van der Waals surface area contributed by atoms with Crippen molar-refractivity contribution in [2.24, 2.45) is 0 Å². The highest BCUT2D eigenvalue weighted by Crippen LogP contribution is 2.29. The molecule has 3 rings (SSSR count). The topological polar surface area (TPSA) is 63.1 Å². The Morgan fingerprint density at radius 2 is 2.26 bits per heavy atom. The Morgan fingerprint density at radius 3 is 2.95 bits per heavy atom. The van der Waals surface area contributed by atoms with Gasteiger partial charge in [0.1, 0.15) is 6.04 Å². The summed E-state index contributed by atoms with van der Waals surface area (Å²) in [4.78, 5) is 14.3. The highest BCUT2D eigenvalue weighted by atomic mass is 16.2. The van der Waals surface area contributed by atoms with Crippen molar-refractivity contribution in [3.8, 4) is 0 Å². The van der Waals surface area contributed by atoms with Crippen LogP contribution in [0.4, 0.5) is 0 Å². The molecule has 1 saturated heterocycles. The average Bonchev–Trinajstić information content (AvgIpc) is 3.03. The van der Waals surface area contributed by atoms with Crippen LogP contribution in [-0.4, -0.2) is 38.7 Å². The van der Waals surface area contributed by atoms with Gasteiger partial charge in [-0.3, -0.25) is 9.36 Å². The van der Waals surface area contributed by atoms with Gasteiger partial charge in [-0.2, -0.15) is 0 Å². The lowest BCUT2D eigenvalue weighted by atomic mass is 10.1. The van der Waals surface area contributed by atoms with E-state index in [-0.39, 0.29) is 18.0 Å². The van der Waals surface area contributed by atoms with Gasteiger partial charge in [0, 0.05) is 6.54 Å². The smallest absolute Gasteiger partial charge is 0.245 e. The molecule has 1 N–H and O–H groups in total. The molecule has 1 aromatic heterocycles. The highest BCUT2D eigenvalue weighted by Gasteiger charge is 2.35. The average molecular weight is 263 g/mol. The third-order valence-electron chi connectivity index (χ3n) is 4.05. The third-order valence-corrected chi connectivity index (χ3v) is 4.05. The first kappa shape index (κ1) is 12.6. The van der Waals surface area contributed by atoms with Crippen LogP contribution in [0.2, 0.25) is 0 Å². The molecule has 2 atom stereocenters. The Labute approximate surface area is 113 Å². The van der Waals surface area contributed by atoms with E-state index in [1.54, 1.807) is 0 Å². The molecular formula is C13H21N5O. The zero-order valence-electron chi connectivity index (χ0n) is 11.6. The summed E-state index contributed by atoms with van der Waals surface area (Å²) in [6.45, 7) is 6.46. The fourth-order valence-electron chi connectivity index (χ4n) is 3.09. The van der Waals surface area contributed by atoms with Crippen molar-refractivity contribution in [1.29, 1.82) is 0 Å². The van der Waals surface area contributed by atoms with Crippen molar-refractivity contribution in [2.45, 2.75) is 51.7 Å². The summed E-state index contributed by atoms with van der Waals surface area (Å²) in [5.41, 5.74) is 0. The van der Waals surface area contributed by atoms with E-state index >= 15 is 0 Å². The van der Waals surface area contributed by atoms with Crippen molar-refractivity contribution in [1.82, 2.24) is 25.0 Å². The number of carbonyl (C=O) groups excluding carboxylic acids is 1. The molecule has 6 heteroatoms. The van der Waals surface area contributed by atoms with E-state index in [0.29, 0.717) is 6.54 Å². The molecule has 1 fully saturated rings. The summed E-state index contributed by atoms with van der Waals surface area (Å²) in [7, 11) is 0. The van der Waals surface area contributed by atoms with Gasteiger partial charge >= 0.3 is 0 Å². The summed E-state index contributed by atoms with van der Waals surface area (Å²) in [6.07, 6.45) is 3.22. The normalized spacial score (nSPS) is 26.8. The van der Waals surface area contributed by atoms with Crippen molar-refractivity contribution in [3.05, 3.63) is 11.6 Å². The van der Waals surface area contributed by atoms with Crippen LogP contribution in [0.1, 0.15) is 56.8 Å². The van der Waals surface area contributed by atoms with Crippen LogP contribution >= 0.6 is 0 Å². The number of hydrogen-bond donors (Lipinski definition) is 1. The maximum atomic E-state index is 12.4. The van der Waals surface area contributed by atoms with Gasteiger partial charge in [-0.05, 0) is 32.7 Å². The number of nitrogens with zero attached hydrogens (tertiary/aromatic N) is 4. The number of rotatable bonds is 3. The second kappa shape index (κ2) is 4.92. The number of amides is 1. The standard InChI is InChI=1S/C13H21N5O/c1-3-7-17-8-11-15-16-12(10-5-4-6-14-10)18(11)9(2)13(17)19/h9-10,14H,3-8H2,1-2H3/t9-,10?/m1/s1. The molecule has 0 aromatic carbocycles. The van der Waals surface area contributed by atoms with Gasteiger partial charge in [0.25, 0.3) is 0 Å². The Hall–Kier alpha value is -1.43. The Bertz CT molecular complexity index is 477. The van der Waals surface area contributed by atoms with E-state index in [2.05, 4.69) is 22.4 Å². The van der Waals surface area contributed by atoms with Crippen LogP contribution in [0.3, 0.4) is 0 Å². The minimum absolute atomic E-state index is 0.178. The lowest BCUT2D eigenvalue weighted by Crippen LogP contribution is -2.42. The van der Waals surface area contributed by atoms with Gasteiger partial charge in [0.2, 0.25) is 5.91 Å². The summed E-state index contributed by atoms with van der Waals surface area (Å²) in [5, 5.41) is 12.1. The lowest BCUT2D eigenvalue weighted by molar-refractivity contribution is -0.137. The molecule has 19 heavy (non-hydrogen) atoms. The summed E-state index contributed by atoms with van der Waals surface area (Å²) in [5.74, 6) is 2.04. The quantitative estimate of drug-likeness (QED) is 0.884. The third kappa shape index (κ3) is 2.04. The zero-order chi connectivity index (χ0) is 13.4. The minimum Gasteiger partial charge on any atom is -0.333 e.